The Balaban J connectivity index is 1.77. The zero-order valence-corrected chi connectivity index (χ0v) is 18.2. The van der Waals surface area contributed by atoms with Gasteiger partial charge < -0.3 is 21.5 Å². The van der Waals surface area contributed by atoms with Gasteiger partial charge in [-0.1, -0.05) is 60.7 Å². The molecule has 0 aliphatic heterocycles. The predicted octanol–water partition coefficient (Wildman–Crippen LogP) is 1.60. The molecule has 0 unspecified atom stereocenters. The second-order valence-electron chi connectivity index (χ2n) is 7.65. The average Bonchev–Trinajstić information content (AvgIpc) is 2.87. The smallest absolute Gasteiger partial charge is 0.252 e. The number of amides is 3. The molecule has 3 aromatic carbocycles. The summed E-state index contributed by atoms with van der Waals surface area (Å²) in [5.74, 6) is -2.11. The van der Waals surface area contributed by atoms with Crippen LogP contribution >= 0.6 is 0 Å². The monoisotopic (exact) mass is 456 g/mol. The molecule has 8 heteroatoms. The Morgan fingerprint density at radius 1 is 0.882 bits per heavy atom. The van der Waals surface area contributed by atoms with Gasteiger partial charge in [0.2, 0.25) is 5.91 Å². The molecule has 0 heterocycles. The minimum absolute atomic E-state index is 0.0753. The van der Waals surface area contributed by atoms with Gasteiger partial charge in [0, 0.05) is 12.0 Å². The van der Waals surface area contributed by atoms with E-state index in [0.717, 1.165) is 0 Å². The summed E-state index contributed by atoms with van der Waals surface area (Å²) in [6, 6.07) is 23.3. The van der Waals surface area contributed by atoms with E-state index in [1.165, 1.54) is 0 Å². The summed E-state index contributed by atoms with van der Waals surface area (Å²) in [4.78, 5) is 37.6. The lowest BCUT2D eigenvalue weighted by atomic mass is 9.99. The van der Waals surface area contributed by atoms with Crippen LogP contribution in [0, 0.1) is 11.3 Å². The lowest BCUT2D eigenvalue weighted by molar-refractivity contribution is -0.134. The van der Waals surface area contributed by atoms with E-state index < -0.39 is 35.9 Å². The van der Waals surface area contributed by atoms with Crippen LogP contribution in [0.25, 0.3) is 0 Å². The standard InChI is InChI=1S/C26H24N4O4/c27-16-18-13-11-17(12-14-18)15-21(24(28)32)29-26(34)23(31)22(19-7-3-1-4-8-19)30-25(33)20-9-5-2-6-10-20/h1-14,21-23,31H,15H2,(H2,28,32)(H,29,34)(H,30,33)/t21-,22-,23+/m0/s1. The molecule has 8 nitrogen and oxygen atoms in total. The summed E-state index contributed by atoms with van der Waals surface area (Å²) < 4.78 is 0. The van der Waals surface area contributed by atoms with Crippen molar-refractivity contribution in [2.45, 2.75) is 24.6 Å². The molecular formula is C26H24N4O4. The Bertz CT molecular complexity index is 1170. The predicted molar refractivity (Wildman–Crippen MR) is 125 cm³/mol. The van der Waals surface area contributed by atoms with Gasteiger partial charge in [-0.25, -0.2) is 0 Å². The van der Waals surface area contributed by atoms with E-state index in [0.29, 0.717) is 22.3 Å². The van der Waals surface area contributed by atoms with E-state index in [2.05, 4.69) is 10.6 Å². The fourth-order valence-corrected chi connectivity index (χ4v) is 3.40. The number of aliphatic hydroxyl groups excluding tert-OH is 1. The number of primary amides is 1. The molecule has 5 N–H and O–H groups in total. The molecule has 0 spiro atoms. The molecule has 0 saturated heterocycles. The largest absolute Gasteiger partial charge is 0.381 e. The number of hydrogen-bond acceptors (Lipinski definition) is 5. The molecule has 34 heavy (non-hydrogen) atoms. The molecule has 3 aromatic rings. The number of aliphatic hydroxyl groups is 1. The van der Waals surface area contributed by atoms with Crippen molar-refractivity contribution in [1.82, 2.24) is 10.6 Å². The number of hydrogen-bond donors (Lipinski definition) is 4. The second kappa shape index (κ2) is 11.4. The first-order valence-corrected chi connectivity index (χ1v) is 10.6. The van der Waals surface area contributed by atoms with Crippen molar-refractivity contribution >= 4 is 17.7 Å². The van der Waals surface area contributed by atoms with Crippen LogP contribution in [0.15, 0.2) is 84.9 Å². The van der Waals surface area contributed by atoms with Gasteiger partial charge in [0.05, 0.1) is 17.7 Å². The molecule has 0 saturated carbocycles. The van der Waals surface area contributed by atoms with Crippen LogP contribution in [0.3, 0.4) is 0 Å². The van der Waals surface area contributed by atoms with Crippen molar-refractivity contribution < 1.29 is 19.5 Å². The molecule has 0 bridgehead atoms. The Hall–Kier alpha value is -4.48. The maximum absolute atomic E-state index is 12.9. The van der Waals surface area contributed by atoms with E-state index in [4.69, 9.17) is 11.0 Å². The Morgan fingerprint density at radius 3 is 2.03 bits per heavy atom. The van der Waals surface area contributed by atoms with Crippen LogP contribution in [-0.4, -0.2) is 35.0 Å². The fourth-order valence-electron chi connectivity index (χ4n) is 3.40. The van der Waals surface area contributed by atoms with Gasteiger partial charge in [0.15, 0.2) is 6.10 Å². The quantitative estimate of drug-likeness (QED) is 0.386. The number of carbonyl (C=O) groups excluding carboxylic acids is 3. The molecular weight excluding hydrogens is 432 g/mol. The first-order chi connectivity index (χ1) is 16.4. The third-order valence-corrected chi connectivity index (χ3v) is 5.25. The van der Waals surface area contributed by atoms with Gasteiger partial charge in [0.25, 0.3) is 11.8 Å². The maximum Gasteiger partial charge on any atom is 0.252 e. The Kier molecular flexibility index (Phi) is 8.11. The fraction of sp³-hybridized carbons (Fsp3) is 0.154. The van der Waals surface area contributed by atoms with Crippen molar-refractivity contribution in [3.8, 4) is 6.07 Å². The number of nitrogens with zero attached hydrogens (tertiary/aromatic N) is 1. The molecule has 3 rings (SSSR count). The first kappa shape index (κ1) is 24.2. The highest BCUT2D eigenvalue weighted by molar-refractivity contribution is 5.95. The highest BCUT2D eigenvalue weighted by atomic mass is 16.3. The minimum Gasteiger partial charge on any atom is -0.381 e. The lowest BCUT2D eigenvalue weighted by Crippen LogP contribution is -2.52. The van der Waals surface area contributed by atoms with E-state index in [1.54, 1.807) is 84.9 Å². The summed E-state index contributed by atoms with van der Waals surface area (Å²) in [6.45, 7) is 0. The molecule has 0 aromatic heterocycles. The van der Waals surface area contributed by atoms with E-state index in [-0.39, 0.29) is 6.42 Å². The zero-order chi connectivity index (χ0) is 24.5. The second-order valence-corrected chi connectivity index (χ2v) is 7.65. The topological polar surface area (TPSA) is 145 Å². The van der Waals surface area contributed by atoms with Crippen LogP contribution in [0.4, 0.5) is 0 Å². The van der Waals surface area contributed by atoms with Gasteiger partial charge in [0.1, 0.15) is 6.04 Å². The van der Waals surface area contributed by atoms with Crippen LogP contribution in [0.1, 0.15) is 33.1 Å². The van der Waals surface area contributed by atoms with Crippen molar-refractivity contribution in [1.29, 1.82) is 5.26 Å². The lowest BCUT2D eigenvalue weighted by Gasteiger charge is -2.26. The molecule has 3 amide bonds. The van der Waals surface area contributed by atoms with Crippen LogP contribution in [0.5, 0.6) is 0 Å². The summed E-state index contributed by atoms with van der Waals surface area (Å²) in [5, 5.41) is 25.0. The molecule has 0 fully saturated rings. The van der Waals surface area contributed by atoms with Gasteiger partial charge in [-0.15, -0.1) is 0 Å². The third kappa shape index (κ3) is 6.28. The molecule has 0 radical (unpaired) electrons. The number of nitriles is 1. The number of rotatable bonds is 9. The number of nitrogens with one attached hydrogen (secondary N) is 2. The maximum atomic E-state index is 12.9. The average molecular weight is 457 g/mol. The summed E-state index contributed by atoms with van der Waals surface area (Å²) >= 11 is 0. The molecule has 0 aliphatic carbocycles. The van der Waals surface area contributed by atoms with Crippen molar-refractivity contribution in [2.24, 2.45) is 5.73 Å². The Labute approximate surface area is 197 Å². The van der Waals surface area contributed by atoms with Crippen LogP contribution < -0.4 is 16.4 Å². The zero-order valence-electron chi connectivity index (χ0n) is 18.2. The van der Waals surface area contributed by atoms with Crippen molar-refractivity contribution in [3.05, 3.63) is 107 Å². The van der Waals surface area contributed by atoms with E-state index in [9.17, 15) is 19.5 Å². The number of nitrogens with two attached hydrogens (primary N) is 1. The molecule has 3 atom stereocenters. The number of benzene rings is 3. The molecule has 0 aliphatic rings. The van der Waals surface area contributed by atoms with Crippen LogP contribution in [-0.2, 0) is 16.0 Å². The normalized spacial score (nSPS) is 13.1. The highest BCUT2D eigenvalue weighted by Gasteiger charge is 2.31. The van der Waals surface area contributed by atoms with E-state index >= 15 is 0 Å². The van der Waals surface area contributed by atoms with Gasteiger partial charge in [-0.2, -0.15) is 5.26 Å². The minimum atomic E-state index is -1.70. The van der Waals surface area contributed by atoms with Crippen LogP contribution in [0.2, 0.25) is 0 Å². The highest BCUT2D eigenvalue weighted by Crippen LogP contribution is 2.19. The van der Waals surface area contributed by atoms with E-state index in [1.807, 2.05) is 6.07 Å². The van der Waals surface area contributed by atoms with Crippen molar-refractivity contribution in [3.63, 3.8) is 0 Å². The third-order valence-electron chi connectivity index (χ3n) is 5.25. The SMILES string of the molecule is N#Cc1ccc(C[C@H](NC(=O)[C@H](O)[C@@H](NC(=O)c2ccccc2)c2ccccc2)C(N)=O)cc1. The van der Waals surface area contributed by atoms with Gasteiger partial charge in [-0.3, -0.25) is 14.4 Å². The van der Waals surface area contributed by atoms with Gasteiger partial charge >= 0.3 is 0 Å². The first-order valence-electron chi connectivity index (χ1n) is 10.6. The van der Waals surface area contributed by atoms with Crippen molar-refractivity contribution in [2.75, 3.05) is 0 Å². The number of carbonyl (C=O) groups is 3. The molecule has 172 valence electrons. The summed E-state index contributed by atoms with van der Waals surface area (Å²) in [7, 11) is 0. The Morgan fingerprint density at radius 2 is 1.47 bits per heavy atom. The van der Waals surface area contributed by atoms with Gasteiger partial charge in [-0.05, 0) is 35.4 Å². The summed E-state index contributed by atoms with van der Waals surface area (Å²) in [5.41, 5.74) is 7.49. The summed E-state index contributed by atoms with van der Waals surface area (Å²) in [6.07, 6.45) is -1.62.